The first-order valence-electron chi connectivity index (χ1n) is 6.85. The lowest BCUT2D eigenvalue weighted by Gasteiger charge is -2.19. The van der Waals surface area contributed by atoms with E-state index in [0.29, 0.717) is 30.3 Å². The Labute approximate surface area is 122 Å². The Kier molecular flexibility index (Phi) is 3.73. The molecule has 1 aromatic heterocycles. The van der Waals surface area contributed by atoms with Crippen molar-refractivity contribution in [2.45, 2.75) is 13.0 Å². The highest BCUT2D eigenvalue weighted by molar-refractivity contribution is 5.95. The summed E-state index contributed by atoms with van der Waals surface area (Å²) in [6, 6.07) is 10.7. The van der Waals surface area contributed by atoms with E-state index in [-0.39, 0.29) is 11.9 Å². The van der Waals surface area contributed by atoms with E-state index in [9.17, 15) is 4.79 Å². The van der Waals surface area contributed by atoms with E-state index in [1.54, 1.807) is 24.4 Å². The Morgan fingerprint density at radius 2 is 2.00 bits per heavy atom. The molecule has 0 aliphatic carbocycles. The molecule has 1 N–H and O–H groups in total. The van der Waals surface area contributed by atoms with Gasteiger partial charge in [0.25, 0.3) is 5.91 Å². The number of carbonyl (C=O) groups is 1. The van der Waals surface area contributed by atoms with Gasteiger partial charge in [0, 0.05) is 11.8 Å². The van der Waals surface area contributed by atoms with Crippen LogP contribution in [0, 0.1) is 0 Å². The van der Waals surface area contributed by atoms with Crippen molar-refractivity contribution in [1.29, 1.82) is 0 Å². The third-order valence-corrected chi connectivity index (χ3v) is 3.28. The van der Waals surface area contributed by atoms with Gasteiger partial charge < -0.3 is 14.8 Å². The molecule has 1 unspecified atom stereocenters. The van der Waals surface area contributed by atoms with Crippen LogP contribution < -0.4 is 14.8 Å². The van der Waals surface area contributed by atoms with Crippen LogP contribution in [-0.4, -0.2) is 24.1 Å². The van der Waals surface area contributed by atoms with E-state index in [2.05, 4.69) is 10.3 Å². The van der Waals surface area contributed by atoms with Gasteiger partial charge in [-0.1, -0.05) is 6.07 Å². The molecule has 0 spiro atoms. The van der Waals surface area contributed by atoms with Crippen LogP contribution in [0.5, 0.6) is 11.5 Å². The lowest BCUT2D eigenvalue weighted by atomic mass is 10.1. The third-order valence-electron chi connectivity index (χ3n) is 3.28. The quantitative estimate of drug-likeness (QED) is 0.939. The highest BCUT2D eigenvalue weighted by Crippen LogP contribution is 2.30. The van der Waals surface area contributed by atoms with Crippen molar-refractivity contribution in [3.63, 3.8) is 0 Å². The number of hydrogen-bond donors (Lipinski definition) is 1. The molecule has 2 aromatic rings. The first-order valence-corrected chi connectivity index (χ1v) is 6.85. The Hall–Kier alpha value is -2.56. The van der Waals surface area contributed by atoms with Gasteiger partial charge >= 0.3 is 0 Å². The molecule has 0 fully saturated rings. The van der Waals surface area contributed by atoms with Crippen molar-refractivity contribution in [2.75, 3.05) is 13.2 Å². The number of pyridine rings is 1. The molecular weight excluding hydrogens is 268 g/mol. The standard InChI is InChI=1S/C16H16N2O3/c1-11(13-4-2-3-7-17-13)18-16(19)12-5-6-14-15(10-12)21-9-8-20-14/h2-7,10-11H,8-9H2,1H3,(H,18,19). The molecule has 1 atom stereocenters. The van der Waals surface area contributed by atoms with Crippen molar-refractivity contribution in [3.05, 3.63) is 53.9 Å². The number of nitrogens with one attached hydrogen (secondary N) is 1. The smallest absolute Gasteiger partial charge is 0.251 e. The summed E-state index contributed by atoms with van der Waals surface area (Å²) in [5, 5.41) is 2.92. The van der Waals surface area contributed by atoms with Crippen LogP contribution in [0.2, 0.25) is 0 Å². The van der Waals surface area contributed by atoms with Gasteiger partial charge in [0.2, 0.25) is 0 Å². The number of hydrogen-bond acceptors (Lipinski definition) is 4. The fraction of sp³-hybridized carbons (Fsp3) is 0.250. The van der Waals surface area contributed by atoms with Gasteiger partial charge in [0.05, 0.1) is 11.7 Å². The lowest BCUT2D eigenvalue weighted by molar-refractivity contribution is 0.0938. The van der Waals surface area contributed by atoms with E-state index in [1.165, 1.54) is 0 Å². The van der Waals surface area contributed by atoms with E-state index in [4.69, 9.17) is 9.47 Å². The van der Waals surface area contributed by atoms with Crippen molar-refractivity contribution < 1.29 is 14.3 Å². The molecule has 1 aliphatic heterocycles. The molecule has 21 heavy (non-hydrogen) atoms. The maximum Gasteiger partial charge on any atom is 0.251 e. The summed E-state index contributed by atoms with van der Waals surface area (Å²) in [4.78, 5) is 16.5. The summed E-state index contributed by atoms with van der Waals surface area (Å²) in [5.41, 5.74) is 1.37. The SMILES string of the molecule is CC(NC(=O)c1ccc2c(c1)OCCO2)c1ccccn1. The zero-order chi connectivity index (χ0) is 14.7. The topological polar surface area (TPSA) is 60.5 Å². The molecule has 0 radical (unpaired) electrons. The van der Waals surface area contributed by atoms with E-state index < -0.39 is 0 Å². The van der Waals surface area contributed by atoms with Gasteiger partial charge in [-0.25, -0.2) is 0 Å². The van der Waals surface area contributed by atoms with Crippen LogP contribution in [0.3, 0.4) is 0 Å². The minimum absolute atomic E-state index is 0.160. The first-order chi connectivity index (χ1) is 10.2. The lowest BCUT2D eigenvalue weighted by Crippen LogP contribution is -2.27. The third kappa shape index (κ3) is 2.97. The Bertz CT molecular complexity index is 643. The van der Waals surface area contributed by atoms with Gasteiger partial charge in [-0.3, -0.25) is 9.78 Å². The molecule has 5 nitrogen and oxygen atoms in total. The molecule has 1 aromatic carbocycles. The number of amides is 1. The summed E-state index contributed by atoms with van der Waals surface area (Å²) in [5.74, 6) is 1.13. The van der Waals surface area contributed by atoms with E-state index >= 15 is 0 Å². The predicted octanol–water partition coefficient (Wildman–Crippen LogP) is 2.34. The van der Waals surface area contributed by atoms with Crippen LogP contribution in [0.1, 0.15) is 29.0 Å². The molecule has 0 bridgehead atoms. The van der Waals surface area contributed by atoms with Crippen LogP contribution >= 0.6 is 0 Å². The van der Waals surface area contributed by atoms with Crippen molar-refractivity contribution in [3.8, 4) is 11.5 Å². The number of fused-ring (bicyclic) bond motifs is 1. The van der Waals surface area contributed by atoms with Crippen molar-refractivity contribution >= 4 is 5.91 Å². The minimum Gasteiger partial charge on any atom is -0.486 e. The maximum atomic E-state index is 12.3. The van der Waals surface area contributed by atoms with Crippen molar-refractivity contribution in [1.82, 2.24) is 10.3 Å². The average molecular weight is 284 g/mol. The van der Waals surface area contributed by atoms with Gasteiger partial charge in [-0.05, 0) is 37.3 Å². The van der Waals surface area contributed by atoms with Gasteiger partial charge in [0.1, 0.15) is 13.2 Å². The second-order valence-electron chi connectivity index (χ2n) is 4.81. The molecular formula is C16H16N2O3. The molecule has 1 amide bonds. The normalized spacial score (nSPS) is 14.3. The number of ether oxygens (including phenoxy) is 2. The monoisotopic (exact) mass is 284 g/mol. The summed E-state index contributed by atoms with van der Waals surface area (Å²) in [7, 11) is 0. The largest absolute Gasteiger partial charge is 0.486 e. The molecule has 3 rings (SSSR count). The number of carbonyl (C=O) groups excluding carboxylic acids is 1. The number of nitrogens with zero attached hydrogens (tertiary/aromatic N) is 1. The Morgan fingerprint density at radius 3 is 2.76 bits per heavy atom. The molecule has 0 saturated carbocycles. The molecule has 108 valence electrons. The van der Waals surface area contributed by atoms with E-state index in [0.717, 1.165) is 5.69 Å². The second kappa shape index (κ2) is 5.83. The maximum absolute atomic E-state index is 12.3. The molecule has 1 aliphatic rings. The number of aromatic nitrogens is 1. The summed E-state index contributed by atoms with van der Waals surface area (Å²) in [6.07, 6.45) is 1.71. The second-order valence-corrected chi connectivity index (χ2v) is 4.81. The molecule has 5 heteroatoms. The highest BCUT2D eigenvalue weighted by Gasteiger charge is 2.16. The first kappa shape index (κ1) is 13.4. The average Bonchev–Trinajstić information content (AvgIpc) is 2.55. The van der Waals surface area contributed by atoms with Crippen LogP contribution in [-0.2, 0) is 0 Å². The summed E-state index contributed by atoms with van der Waals surface area (Å²) < 4.78 is 10.9. The van der Waals surface area contributed by atoms with Crippen molar-refractivity contribution in [2.24, 2.45) is 0 Å². The zero-order valence-electron chi connectivity index (χ0n) is 11.7. The Balaban J connectivity index is 1.73. The predicted molar refractivity (Wildman–Crippen MR) is 77.6 cm³/mol. The summed E-state index contributed by atoms with van der Waals surface area (Å²) in [6.45, 7) is 2.94. The minimum atomic E-state index is -0.162. The number of benzene rings is 1. The van der Waals surface area contributed by atoms with Crippen LogP contribution in [0.4, 0.5) is 0 Å². The van der Waals surface area contributed by atoms with Gasteiger partial charge in [0.15, 0.2) is 11.5 Å². The number of rotatable bonds is 3. The summed E-state index contributed by atoms with van der Waals surface area (Å²) >= 11 is 0. The van der Waals surface area contributed by atoms with Gasteiger partial charge in [-0.2, -0.15) is 0 Å². The fourth-order valence-corrected chi connectivity index (χ4v) is 2.17. The van der Waals surface area contributed by atoms with Crippen LogP contribution in [0.25, 0.3) is 0 Å². The highest BCUT2D eigenvalue weighted by atomic mass is 16.6. The molecule has 2 heterocycles. The Morgan fingerprint density at radius 1 is 1.19 bits per heavy atom. The van der Waals surface area contributed by atoms with E-state index in [1.807, 2.05) is 25.1 Å². The van der Waals surface area contributed by atoms with Gasteiger partial charge in [-0.15, -0.1) is 0 Å². The molecule has 0 saturated heterocycles. The fourth-order valence-electron chi connectivity index (χ4n) is 2.17. The zero-order valence-corrected chi connectivity index (χ0v) is 11.7. The van der Waals surface area contributed by atoms with Crippen LogP contribution in [0.15, 0.2) is 42.6 Å².